The predicted molar refractivity (Wildman–Crippen MR) is 142 cm³/mol. The van der Waals surface area contributed by atoms with E-state index in [9.17, 15) is 17.6 Å². The van der Waals surface area contributed by atoms with Crippen molar-refractivity contribution in [1.82, 2.24) is 15.3 Å². The lowest BCUT2D eigenvalue weighted by atomic mass is 9.93. The summed E-state index contributed by atoms with van der Waals surface area (Å²) in [6, 6.07) is 13.6. The van der Waals surface area contributed by atoms with Crippen molar-refractivity contribution in [2.24, 2.45) is 0 Å². The molecule has 3 aromatic rings. The van der Waals surface area contributed by atoms with E-state index >= 15 is 0 Å². The van der Waals surface area contributed by atoms with Gasteiger partial charge in [-0.2, -0.15) is 0 Å². The predicted octanol–water partition coefficient (Wildman–Crippen LogP) is 4.16. The maximum atomic E-state index is 13.4. The highest BCUT2D eigenvalue weighted by Crippen LogP contribution is 2.26. The molecule has 1 saturated carbocycles. The Kier molecular flexibility index (Phi) is 7.57. The average Bonchev–Trinajstić information content (AvgIpc) is 2.87. The number of morpholine rings is 1. The quantitative estimate of drug-likeness (QED) is 0.434. The molecule has 1 aliphatic carbocycles. The molecule has 1 atom stereocenters. The molecule has 0 spiro atoms. The summed E-state index contributed by atoms with van der Waals surface area (Å²) in [6.45, 7) is 3.70. The molecule has 2 amide bonds. The first-order valence-corrected chi connectivity index (χ1v) is 14.3. The van der Waals surface area contributed by atoms with Crippen molar-refractivity contribution in [3.63, 3.8) is 0 Å². The van der Waals surface area contributed by atoms with Crippen LogP contribution in [0.25, 0.3) is 11.4 Å². The molecule has 1 saturated heterocycles. The molecule has 200 valence electrons. The summed E-state index contributed by atoms with van der Waals surface area (Å²) < 4.78 is 45.1. The van der Waals surface area contributed by atoms with Crippen molar-refractivity contribution in [2.45, 2.75) is 48.9 Å². The van der Waals surface area contributed by atoms with Crippen molar-refractivity contribution in [3.05, 3.63) is 66.1 Å². The van der Waals surface area contributed by atoms with Crippen molar-refractivity contribution in [1.29, 1.82) is 0 Å². The van der Waals surface area contributed by atoms with Crippen LogP contribution >= 0.6 is 0 Å². The number of sulfone groups is 1. The molecule has 2 fully saturated rings. The zero-order valence-electron chi connectivity index (χ0n) is 21.1. The molecule has 9 nitrogen and oxygen atoms in total. The summed E-state index contributed by atoms with van der Waals surface area (Å²) >= 11 is 0. The van der Waals surface area contributed by atoms with Crippen molar-refractivity contribution in [2.75, 3.05) is 30.0 Å². The average molecular weight is 540 g/mol. The molecule has 2 N–H and O–H groups in total. The number of nitrogens with one attached hydrogen (secondary N) is 2. The van der Waals surface area contributed by atoms with Gasteiger partial charge in [0.15, 0.2) is 15.7 Å². The van der Waals surface area contributed by atoms with E-state index in [0.717, 1.165) is 31.4 Å². The van der Waals surface area contributed by atoms with Gasteiger partial charge in [0.25, 0.3) is 0 Å². The Hall–Kier alpha value is -3.57. The van der Waals surface area contributed by atoms with Gasteiger partial charge in [-0.3, -0.25) is 0 Å². The van der Waals surface area contributed by atoms with Crippen molar-refractivity contribution in [3.8, 4) is 11.4 Å². The molecule has 0 radical (unpaired) electrons. The highest BCUT2D eigenvalue weighted by atomic mass is 32.2. The fourth-order valence-corrected chi connectivity index (χ4v) is 5.68. The lowest BCUT2D eigenvalue weighted by Gasteiger charge is -2.34. The molecule has 5 rings (SSSR count). The van der Waals surface area contributed by atoms with Gasteiger partial charge >= 0.3 is 6.03 Å². The topological polar surface area (TPSA) is 114 Å². The third-order valence-electron chi connectivity index (χ3n) is 6.78. The summed E-state index contributed by atoms with van der Waals surface area (Å²) in [4.78, 5) is 23.6. The van der Waals surface area contributed by atoms with Crippen molar-refractivity contribution < 1.29 is 22.3 Å². The number of halogens is 1. The van der Waals surface area contributed by atoms with Crippen LogP contribution in [0.1, 0.15) is 31.9 Å². The standard InChI is InChI=1S/C27H30FN5O4S/c1-18-16-37-14-13-33(18)25-15-23(17-38(35,36)24-11-7-20(28)8-12-24)29-26(32-25)19-5-9-22(10-6-19)31-27(34)30-21-3-2-4-21/h5-12,15,18,21H,2-4,13-14,16-17H2,1H3,(H2,30,31,34)/t18-/m0/s1. The van der Waals surface area contributed by atoms with Gasteiger partial charge in [-0.1, -0.05) is 0 Å². The van der Waals surface area contributed by atoms with Gasteiger partial charge in [-0.05, 0) is 74.7 Å². The molecular weight excluding hydrogens is 509 g/mol. The number of hydrogen-bond acceptors (Lipinski definition) is 7. The van der Waals surface area contributed by atoms with Gasteiger partial charge in [-0.25, -0.2) is 27.6 Å². The number of urea groups is 1. The van der Waals surface area contributed by atoms with E-state index in [0.29, 0.717) is 48.3 Å². The second-order valence-electron chi connectivity index (χ2n) is 9.68. The zero-order valence-corrected chi connectivity index (χ0v) is 21.9. The molecule has 0 bridgehead atoms. The molecule has 1 aliphatic heterocycles. The lowest BCUT2D eigenvalue weighted by molar-refractivity contribution is 0.0985. The van der Waals surface area contributed by atoms with Crippen LogP contribution in [0.15, 0.2) is 59.5 Å². The first-order chi connectivity index (χ1) is 18.3. The molecule has 11 heteroatoms. The number of carbonyl (C=O) groups is 1. The summed E-state index contributed by atoms with van der Waals surface area (Å²) in [5.74, 6) is 0.115. The van der Waals surface area contributed by atoms with Gasteiger partial charge in [0, 0.05) is 29.9 Å². The molecular formula is C27H30FN5O4S. The zero-order chi connectivity index (χ0) is 26.7. The van der Waals surface area contributed by atoms with Gasteiger partial charge in [-0.15, -0.1) is 0 Å². The van der Waals surface area contributed by atoms with Gasteiger partial charge < -0.3 is 20.3 Å². The molecule has 1 aromatic heterocycles. The van der Waals surface area contributed by atoms with E-state index in [4.69, 9.17) is 9.72 Å². The Labute approximate surface area is 221 Å². The number of amides is 2. The molecule has 2 aromatic carbocycles. The number of hydrogen-bond donors (Lipinski definition) is 2. The molecule has 2 heterocycles. The minimum absolute atomic E-state index is 0.0240. The molecule has 0 unspecified atom stereocenters. The minimum Gasteiger partial charge on any atom is -0.377 e. The monoisotopic (exact) mass is 539 g/mol. The fraction of sp³-hybridized carbons (Fsp3) is 0.370. The fourth-order valence-electron chi connectivity index (χ4n) is 4.43. The number of nitrogens with zero attached hydrogens (tertiary/aromatic N) is 3. The Morgan fingerprint density at radius 1 is 1.11 bits per heavy atom. The first kappa shape index (κ1) is 26.1. The summed E-state index contributed by atoms with van der Waals surface area (Å²) in [6.07, 6.45) is 3.14. The first-order valence-electron chi connectivity index (χ1n) is 12.7. The van der Waals surface area contributed by atoms with E-state index in [1.54, 1.807) is 30.3 Å². The molecule has 2 aliphatic rings. The third kappa shape index (κ3) is 6.11. The van der Waals surface area contributed by atoms with Crippen LogP contribution in [0.3, 0.4) is 0 Å². The number of benzene rings is 2. The third-order valence-corrected chi connectivity index (χ3v) is 8.45. The number of anilines is 2. The summed E-state index contributed by atoms with van der Waals surface area (Å²) in [7, 11) is -3.77. The maximum Gasteiger partial charge on any atom is 0.319 e. The van der Waals surface area contributed by atoms with Crippen LogP contribution in [0, 0.1) is 5.82 Å². The smallest absolute Gasteiger partial charge is 0.319 e. The Morgan fingerprint density at radius 2 is 1.84 bits per heavy atom. The van der Waals surface area contributed by atoms with E-state index < -0.39 is 15.7 Å². The lowest BCUT2D eigenvalue weighted by Crippen LogP contribution is -2.44. The number of rotatable bonds is 7. The Balaban J connectivity index is 1.42. The normalized spacial score (nSPS) is 18.1. The van der Waals surface area contributed by atoms with E-state index in [-0.39, 0.29) is 28.8 Å². The molecule has 38 heavy (non-hydrogen) atoms. The number of aromatic nitrogens is 2. The number of ether oxygens (including phenoxy) is 1. The maximum absolute atomic E-state index is 13.4. The van der Waals surface area contributed by atoms with Gasteiger partial charge in [0.2, 0.25) is 0 Å². The summed E-state index contributed by atoms with van der Waals surface area (Å²) in [5, 5.41) is 5.77. The van der Waals surface area contributed by atoms with E-state index in [1.807, 2.05) is 6.92 Å². The SMILES string of the molecule is C[C@H]1COCCN1c1cc(CS(=O)(=O)c2ccc(F)cc2)nc(-c2ccc(NC(=O)NC3CCC3)cc2)n1. The summed E-state index contributed by atoms with van der Waals surface area (Å²) in [5.41, 5.74) is 1.64. The van der Waals surface area contributed by atoms with Gasteiger partial charge in [0.05, 0.1) is 35.6 Å². The van der Waals surface area contributed by atoms with Crippen LogP contribution in [-0.2, 0) is 20.3 Å². The Morgan fingerprint density at radius 3 is 2.50 bits per heavy atom. The minimum atomic E-state index is -3.77. The number of carbonyl (C=O) groups excluding carboxylic acids is 1. The van der Waals surface area contributed by atoms with Crippen LogP contribution < -0.4 is 15.5 Å². The highest BCUT2D eigenvalue weighted by Gasteiger charge is 2.24. The van der Waals surface area contributed by atoms with Crippen LogP contribution in [0.5, 0.6) is 0 Å². The van der Waals surface area contributed by atoms with Gasteiger partial charge in [0.1, 0.15) is 11.6 Å². The largest absolute Gasteiger partial charge is 0.377 e. The highest BCUT2D eigenvalue weighted by molar-refractivity contribution is 7.90. The van der Waals surface area contributed by atoms with Crippen LogP contribution in [0.4, 0.5) is 20.7 Å². The van der Waals surface area contributed by atoms with Crippen molar-refractivity contribution >= 4 is 27.4 Å². The Bertz CT molecular complexity index is 1400. The second kappa shape index (κ2) is 11.0. The van der Waals surface area contributed by atoms with Crippen LogP contribution in [-0.4, -0.2) is 56.3 Å². The van der Waals surface area contributed by atoms with E-state index in [2.05, 4.69) is 20.5 Å². The van der Waals surface area contributed by atoms with E-state index in [1.165, 1.54) is 12.1 Å². The van der Waals surface area contributed by atoms with Crippen LogP contribution in [0.2, 0.25) is 0 Å². The second-order valence-corrected chi connectivity index (χ2v) is 11.7.